The van der Waals surface area contributed by atoms with Crippen LogP contribution in [0.2, 0.25) is 0 Å². The van der Waals surface area contributed by atoms with E-state index in [0.29, 0.717) is 0 Å². The molecule has 0 unspecified atom stereocenters. The summed E-state index contributed by atoms with van der Waals surface area (Å²) in [6.45, 7) is 0. The molecule has 0 bridgehead atoms. The molecule has 0 atom stereocenters. The molecule has 54 heavy (non-hydrogen) atoms. The summed E-state index contributed by atoms with van der Waals surface area (Å²) in [7, 11) is 0. The van der Waals surface area contributed by atoms with E-state index in [1.54, 1.807) is 0 Å². The molecule has 0 N–H and O–H groups in total. The van der Waals surface area contributed by atoms with Gasteiger partial charge in [0.15, 0.2) is 0 Å². The van der Waals surface area contributed by atoms with Crippen molar-refractivity contribution in [2.75, 3.05) is 9.80 Å². The van der Waals surface area contributed by atoms with Gasteiger partial charge in [0.25, 0.3) is 0 Å². The fraction of sp³-hybridized carbons (Fsp3) is 0. The van der Waals surface area contributed by atoms with E-state index in [0.717, 1.165) is 73.2 Å². The molecule has 1 aromatic heterocycles. The van der Waals surface area contributed by atoms with Gasteiger partial charge in [-0.25, -0.2) is 9.97 Å². The summed E-state index contributed by atoms with van der Waals surface area (Å²) in [6.07, 6.45) is 0. The highest BCUT2D eigenvalue weighted by Crippen LogP contribution is 2.40. The SMILES string of the molecule is c1ccc(-c2cccc(-c3nc4ccccc4nc3-c3ccc(N(c4ccccc4)c4ccc(N(c5ccccc5)c5ccccc5)cc4)cc3)c2)cc1. The third-order valence-corrected chi connectivity index (χ3v) is 9.62. The van der Waals surface area contributed by atoms with Crippen LogP contribution in [0.1, 0.15) is 0 Å². The van der Waals surface area contributed by atoms with Gasteiger partial charge in [-0.05, 0) is 102 Å². The van der Waals surface area contributed by atoms with Crippen molar-refractivity contribution >= 4 is 45.2 Å². The van der Waals surface area contributed by atoms with E-state index in [9.17, 15) is 0 Å². The molecule has 0 aliphatic heterocycles. The van der Waals surface area contributed by atoms with E-state index < -0.39 is 0 Å². The van der Waals surface area contributed by atoms with E-state index in [-0.39, 0.29) is 0 Å². The van der Waals surface area contributed by atoms with Crippen LogP contribution in [0.5, 0.6) is 0 Å². The van der Waals surface area contributed by atoms with Gasteiger partial charge in [0.1, 0.15) is 0 Å². The highest BCUT2D eigenvalue weighted by atomic mass is 15.2. The lowest BCUT2D eigenvalue weighted by Gasteiger charge is -2.28. The van der Waals surface area contributed by atoms with Crippen LogP contribution in [0.25, 0.3) is 44.7 Å². The summed E-state index contributed by atoms with van der Waals surface area (Å²) in [5, 5.41) is 0. The van der Waals surface area contributed by atoms with E-state index in [2.05, 4.69) is 198 Å². The molecule has 4 nitrogen and oxygen atoms in total. The van der Waals surface area contributed by atoms with E-state index in [4.69, 9.17) is 9.97 Å². The average Bonchev–Trinajstić information content (AvgIpc) is 3.26. The largest absolute Gasteiger partial charge is 0.311 e. The highest BCUT2D eigenvalue weighted by Gasteiger charge is 2.18. The summed E-state index contributed by atoms with van der Waals surface area (Å²) in [5.41, 5.74) is 14.3. The summed E-state index contributed by atoms with van der Waals surface area (Å²) >= 11 is 0. The second kappa shape index (κ2) is 14.7. The quantitative estimate of drug-likeness (QED) is 0.151. The molecule has 0 saturated carbocycles. The Morgan fingerprint density at radius 2 is 0.574 bits per heavy atom. The van der Waals surface area contributed by atoms with Gasteiger partial charge in [0.05, 0.1) is 22.4 Å². The number of anilines is 6. The molecule has 256 valence electrons. The molecule has 0 amide bonds. The van der Waals surface area contributed by atoms with Gasteiger partial charge >= 0.3 is 0 Å². The van der Waals surface area contributed by atoms with E-state index >= 15 is 0 Å². The van der Waals surface area contributed by atoms with Gasteiger partial charge in [-0.3, -0.25) is 0 Å². The maximum atomic E-state index is 5.21. The minimum Gasteiger partial charge on any atom is -0.311 e. The zero-order valence-corrected chi connectivity index (χ0v) is 29.6. The van der Waals surface area contributed by atoms with Crippen molar-refractivity contribution in [2.24, 2.45) is 0 Å². The van der Waals surface area contributed by atoms with Gasteiger partial charge < -0.3 is 9.80 Å². The number of rotatable bonds is 9. The first-order valence-electron chi connectivity index (χ1n) is 18.2. The zero-order valence-electron chi connectivity index (χ0n) is 29.6. The van der Waals surface area contributed by atoms with Gasteiger partial charge in [0, 0.05) is 45.3 Å². The first-order chi connectivity index (χ1) is 26.8. The van der Waals surface area contributed by atoms with Crippen molar-refractivity contribution in [2.45, 2.75) is 0 Å². The standard InChI is InChI=1S/C50H36N4/c1-5-16-37(17-6-1)39-18-15-19-40(36-39)50-49(51-47-26-13-14-27-48(47)52-50)38-28-30-44(31-29-38)54(43-24-11-4-12-25-43)46-34-32-45(33-35-46)53(41-20-7-2-8-21-41)42-22-9-3-10-23-42/h1-36H. The Bertz CT molecular complexity index is 2590. The minimum absolute atomic E-state index is 0.850. The molecule has 9 rings (SSSR count). The normalized spacial score (nSPS) is 11.0. The van der Waals surface area contributed by atoms with Crippen LogP contribution in [0.15, 0.2) is 218 Å². The number of para-hydroxylation sites is 5. The van der Waals surface area contributed by atoms with Crippen LogP contribution in [0.4, 0.5) is 34.1 Å². The topological polar surface area (TPSA) is 32.3 Å². The van der Waals surface area contributed by atoms with Crippen LogP contribution in [-0.4, -0.2) is 9.97 Å². The first kappa shape index (κ1) is 32.6. The summed E-state index contributed by atoms with van der Waals surface area (Å²) < 4.78 is 0. The number of hydrogen-bond donors (Lipinski definition) is 0. The predicted octanol–water partition coefficient (Wildman–Crippen LogP) is 13.6. The summed E-state index contributed by atoms with van der Waals surface area (Å²) in [4.78, 5) is 15.0. The van der Waals surface area contributed by atoms with Crippen molar-refractivity contribution in [1.29, 1.82) is 0 Å². The van der Waals surface area contributed by atoms with Crippen molar-refractivity contribution < 1.29 is 0 Å². The Hall–Kier alpha value is -7.30. The molecule has 0 aliphatic rings. The molecule has 1 heterocycles. The van der Waals surface area contributed by atoms with Crippen LogP contribution in [-0.2, 0) is 0 Å². The Kier molecular flexibility index (Phi) is 8.90. The Morgan fingerprint density at radius 3 is 1.04 bits per heavy atom. The Balaban J connectivity index is 1.11. The van der Waals surface area contributed by atoms with Crippen LogP contribution < -0.4 is 9.80 Å². The number of aromatic nitrogens is 2. The number of hydrogen-bond acceptors (Lipinski definition) is 4. The van der Waals surface area contributed by atoms with Crippen molar-refractivity contribution in [3.63, 3.8) is 0 Å². The first-order valence-corrected chi connectivity index (χ1v) is 18.2. The maximum absolute atomic E-state index is 5.21. The molecule has 9 aromatic rings. The monoisotopic (exact) mass is 692 g/mol. The second-order valence-electron chi connectivity index (χ2n) is 13.1. The van der Waals surface area contributed by atoms with Crippen molar-refractivity contribution in [1.82, 2.24) is 9.97 Å². The average molecular weight is 693 g/mol. The van der Waals surface area contributed by atoms with Crippen LogP contribution in [0, 0.1) is 0 Å². The molecule has 4 heteroatoms. The molecular weight excluding hydrogens is 657 g/mol. The fourth-order valence-corrected chi connectivity index (χ4v) is 7.02. The number of fused-ring (bicyclic) bond motifs is 1. The fourth-order valence-electron chi connectivity index (χ4n) is 7.02. The maximum Gasteiger partial charge on any atom is 0.0973 e. The smallest absolute Gasteiger partial charge is 0.0973 e. The Labute approximate surface area is 315 Å². The van der Waals surface area contributed by atoms with E-state index in [1.807, 2.05) is 30.3 Å². The molecular formula is C50H36N4. The summed E-state index contributed by atoms with van der Waals surface area (Å²) in [5.74, 6) is 0. The molecule has 0 saturated heterocycles. The number of benzene rings is 8. The molecule has 8 aromatic carbocycles. The van der Waals surface area contributed by atoms with Gasteiger partial charge in [-0.15, -0.1) is 0 Å². The predicted molar refractivity (Wildman–Crippen MR) is 225 cm³/mol. The van der Waals surface area contributed by atoms with Crippen molar-refractivity contribution in [3.05, 3.63) is 218 Å². The van der Waals surface area contributed by atoms with Gasteiger partial charge in [-0.2, -0.15) is 0 Å². The lowest BCUT2D eigenvalue weighted by Crippen LogP contribution is -2.12. The van der Waals surface area contributed by atoms with Gasteiger partial charge in [0.2, 0.25) is 0 Å². The second-order valence-corrected chi connectivity index (χ2v) is 13.1. The highest BCUT2D eigenvalue weighted by molar-refractivity contribution is 5.88. The van der Waals surface area contributed by atoms with E-state index in [1.165, 1.54) is 5.56 Å². The van der Waals surface area contributed by atoms with Crippen LogP contribution >= 0.6 is 0 Å². The summed E-state index contributed by atoms with van der Waals surface area (Å²) in [6, 6.07) is 76.1. The molecule has 0 spiro atoms. The minimum atomic E-state index is 0.850. The van der Waals surface area contributed by atoms with Crippen molar-refractivity contribution in [3.8, 4) is 33.6 Å². The Morgan fingerprint density at radius 1 is 0.241 bits per heavy atom. The molecule has 0 radical (unpaired) electrons. The third-order valence-electron chi connectivity index (χ3n) is 9.62. The van der Waals surface area contributed by atoms with Gasteiger partial charge in [-0.1, -0.05) is 127 Å². The molecule has 0 fully saturated rings. The lowest BCUT2D eigenvalue weighted by atomic mass is 9.98. The lowest BCUT2D eigenvalue weighted by molar-refractivity contribution is 1.25. The van der Waals surface area contributed by atoms with Crippen LogP contribution in [0.3, 0.4) is 0 Å². The number of nitrogens with zero attached hydrogens (tertiary/aromatic N) is 4. The third kappa shape index (κ3) is 6.60. The zero-order chi connectivity index (χ0) is 36.1. The molecule has 0 aliphatic carbocycles.